The number of hydrogen-bond donors (Lipinski definition) is 1. The van der Waals surface area contributed by atoms with Crippen molar-refractivity contribution in [2.75, 3.05) is 0 Å². The molecule has 4 heteroatoms. The van der Waals surface area contributed by atoms with Crippen molar-refractivity contribution in [2.24, 2.45) is 10.6 Å². The van der Waals surface area contributed by atoms with Crippen LogP contribution in [0.4, 0.5) is 0 Å². The molecule has 0 aromatic carbocycles. The number of hydrogen-bond acceptors (Lipinski definition) is 2. The summed E-state index contributed by atoms with van der Waals surface area (Å²) >= 11 is -2.36. The van der Waals surface area contributed by atoms with Gasteiger partial charge in [0.15, 0.2) is 0 Å². The highest BCUT2D eigenvalue weighted by Crippen LogP contribution is 2.51. The van der Waals surface area contributed by atoms with Gasteiger partial charge in [-0.25, -0.2) is 0 Å². The van der Waals surface area contributed by atoms with Gasteiger partial charge in [0.05, 0.1) is 0 Å². The Morgan fingerprint density at radius 1 is 1.45 bits per heavy atom. The fourth-order valence-corrected chi connectivity index (χ4v) is 1.13. The number of nitrogens with two attached hydrogens (primary N) is 1. The third-order valence-electron chi connectivity index (χ3n) is 2.46. The lowest BCUT2D eigenvalue weighted by Crippen LogP contribution is -1.97. The lowest BCUT2D eigenvalue weighted by molar-refractivity contribution is 0.474. The van der Waals surface area contributed by atoms with E-state index in [9.17, 15) is 0 Å². The van der Waals surface area contributed by atoms with Crippen LogP contribution in [0.3, 0.4) is 0 Å². The smallest absolute Gasteiger partial charge is 0.0152 e. The minimum absolute atomic E-state index is 0.833. The van der Waals surface area contributed by atoms with Crippen LogP contribution in [0.2, 0.25) is 0 Å². The van der Waals surface area contributed by atoms with Gasteiger partial charge in [-0.3, -0.25) is 9.35 Å². The molecule has 0 amide bonds. The first kappa shape index (κ1) is 11.1. The van der Waals surface area contributed by atoms with Gasteiger partial charge in [0.1, 0.15) is 0 Å². The second-order valence-electron chi connectivity index (χ2n) is 2.97. The van der Waals surface area contributed by atoms with Gasteiger partial charge >= 0.3 is 0 Å². The highest BCUT2D eigenvalue weighted by Gasteiger charge is 2.37. The van der Waals surface area contributed by atoms with E-state index in [2.05, 4.69) is 19.0 Å². The third kappa shape index (κ3) is 5.35. The molecule has 1 aliphatic carbocycles. The molecule has 11 heavy (non-hydrogen) atoms. The second kappa shape index (κ2) is 4.85. The summed E-state index contributed by atoms with van der Waals surface area (Å²) in [5.74, 6) is 0. The number of rotatable bonds is 2. The molecule has 1 unspecified atom stereocenters. The van der Waals surface area contributed by atoms with Crippen molar-refractivity contribution < 1.29 is 8.76 Å². The van der Waals surface area contributed by atoms with E-state index in [4.69, 9.17) is 8.76 Å². The fraction of sp³-hybridized carbons (Fsp3) is 1.00. The van der Waals surface area contributed by atoms with Gasteiger partial charge in [-0.1, -0.05) is 26.7 Å². The molecule has 0 aromatic rings. The molecule has 0 bridgehead atoms. The zero-order valence-corrected chi connectivity index (χ0v) is 7.95. The second-order valence-corrected chi connectivity index (χ2v) is 3.49. The maximum absolute atomic E-state index is 8.78. The molecule has 1 saturated carbocycles. The molecular formula is C7H16NO2S-. The van der Waals surface area contributed by atoms with Crippen LogP contribution in [-0.4, -0.2) is 8.76 Å². The predicted molar refractivity (Wildman–Crippen MR) is 45.4 cm³/mol. The standard InChI is InChI=1S/C7H14.H3NO2S/c1-3-7(4-2)5-6-7;1-4(2)3/h3-6H2,1-2H3;1H2,(H,2,3)/p-1. The van der Waals surface area contributed by atoms with Gasteiger partial charge in [-0.05, 0) is 18.3 Å². The molecule has 1 atom stereocenters. The maximum atomic E-state index is 8.78. The van der Waals surface area contributed by atoms with Crippen molar-refractivity contribution in [3.8, 4) is 0 Å². The normalized spacial score (nSPS) is 21.5. The molecule has 2 N–H and O–H groups in total. The zero-order chi connectivity index (χ0) is 8.91. The summed E-state index contributed by atoms with van der Waals surface area (Å²) in [6.07, 6.45) is 5.81. The Morgan fingerprint density at radius 2 is 1.73 bits per heavy atom. The average Bonchev–Trinajstić information content (AvgIpc) is 2.66. The SMILES string of the molecule is CCC1(CC)CC1.NS(=O)[O-]. The van der Waals surface area contributed by atoms with E-state index in [-0.39, 0.29) is 0 Å². The summed E-state index contributed by atoms with van der Waals surface area (Å²) in [4.78, 5) is 0. The Morgan fingerprint density at radius 3 is 1.73 bits per heavy atom. The lowest BCUT2D eigenvalue weighted by Gasteiger charge is -2.04. The molecule has 3 nitrogen and oxygen atoms in total. The molecule has 1 aliphatic rings. The molecule has 0 aromatic heterocycles. The van der Waals surface area contributed by atoms with Crippen LogP contribution in [0.5, 0.6) is 0 Å². The monoisotopic (exact) mass is 178 g/mol. The highest BCUT2D eigenvalue weighted by atomic mass is 32.2. The summed E-state index contributed by atoms with van der Waals surface area (Å²) in [6, 6.07) is 0. The molecule has 0 saturated heterocycles. The van der Waals surface area contributed by atoms with Crippen molar-refractivity contribution in [2.45, 2.75) is 39.5 Å². The van der Waals surface area contributed by atoms with Gasteiger partial charge in [0.2, 0.25) is 0 Å². The molecule has 1 fully saturated rings. The first-order valence-corrected chi connectivity index (χ1v) is 5.04. The predicted octanol–water partition coefficient (Wildman–Crippen LogP) is 1.33. The van der Waals surface area contributed by atoms with Crippen molar-refractivity contribution >= 4 is 11.3 Å². The zero-order valence-electron chi connectivity index (χ0n) is 7.13. The van der Waals surface area contributed by atoms with Crippen molar-refractivity contribution in [3.63, 3.8) is 0 Å². The molecule has 0 aliphatic heterocycles. The van der Waals surface area contributed by atoms with Gasteiger partial charge in [0, 0.05) is 11.3 Å². The van der Waals surface area contributed by atoms with E-state index in [1.54, 1.807) is 0 Å². The third-order valence-corrected chi connectivity index (χ3v) is 2.46. The van der Waals surface area contributed by atoms with Crippen LogP contribution in [-0.2, 0) is 11.3 Å². The minimum atomic E-state index is -2.36. The van der Waals surface area contributed by atoms with E-state index in [1.165, 1.54) is 25.7 Å². The van der Waals surface area contributed by atoms with Crippen LogP contribution >= 0.6 is 0 Å². The lowest BCUT2D eigenvalue weighted by atomic mass is 10.0. The van der Waals surface area contributed by atoms with Crippen molar-refractivity contribution in [3.05, 3.63) is 0 Å². The van der Waals surface area contributed by atoms with Crippen LogP contribution in [0.1, 0.15) is 39.5 Å². The van der Waals surface area contributed by atoms with Crippen molar-refractivity contribution in [1.82, 2.24) is 0 Å². The first-order valence-electron chi connectivity index (χ1n) is 3.90. The van der Waals surface area contributed by atoms with Crippen LogP contribution in [0, 0.1) is 5.41 Å². The van der Waals surface area contributed by atoms with Gasteiger partial charge in [-0.15, -0.1) is 0 Å². The Labute approximate surface area is 70.8 Å². The maximum Gasteiger partial charge on any atom is 0.0152 e. The quantitative estimate of drug-likeness (QED) is 0.648. The van der Waals surface area contributed by atoms with Crippen LogP contribution in [0.25, 0.3) is 0 Å². The van der Waals surface area contributed by atoms with E-state index in [0.29, 0.717) is 0 Å². The highest BCUT2D eigenvalue weighted by molar-refractivity contribution is 7.76. The first-order chi connectivity index (χ1) is 5.06. The Bertz CT molecular complexity index is 124. The molecular weight excluding hydrogens is 162 g/mol. The summed E-state index contributed by atoms with van der Waals surface area (Å²) in [6.45, 7) is 4.60. The Kier molecular flexibility index (Phi) is 4.88. The average molecular weight is 178 g/mol. The summed E-state index contributed by atoms with van der Waals surface area (Å²) in [7, 11) is 0. The molecule has 0 radical (unpaired) electrons. The van der Waals surface area contributed by atoms with E-state index < -0.39 is 11.3 Å². The summed E-state index contributed by atoms with van der Waals surface area (Å²) in [5.41, 5.74) is 0.833. The topological polar surface area (TPSA) is 66.2 Å². The molecule has 0 spiro atoms. The Hall–Kier alpha value is 0.0700. The summed E-state index contributed by atoms with van der Waals surface area (Å²) < 4.78 is 17.6. The van der Waals surface area contributed by atoms with Gasteiger partial charge < -0.3 is 4.55 Å². The summed E-state index contributed by atoms with van der Waals surface area (Å²) in [5, 5.41) is 4.03. The molecule has 0 heterocycles. The fourth-order valence-electron chi connectivity index (χ4n) is 1.13. The van der Waals surface area contributed by atoms with E-state index >= 15 is 0 Å². The van der Waals surface area contributed by atoms with Crippen molar-refractivity contribution in [1.29, 1.82) is 0 Å². The molecule has 68 valence electrons. The van der Waals surface area contributed by atoms with Crippen LogP contribution < -0.4 is 5.14 Å². The van der Waals surface area contributed by atoms with Gasteiger partial charge in [0.25, 0.3) is 0 Å². The largest absolute Gasteiger partial charge is 0.760 e. The molecule has 1 rings (SSSR count). The Balaban J connectivity index is 0.000000218. The van der Waals surface area contributed by atoms with Gasteiger partial charge in [-0.2, -0.15) is 0 Å². The van der Waals surface area contributed by atoms with Crippen LogP contribution in [0.15, 0.2) is 0 Å². The minimum Gasteiger partial charge on any atom is -0.760 e. The van der Waals surface area contributed by atoms with E-state index in [0.717, 1.165) is 5.41 Å². The van der Waals surface area contributed by atoms with E-state index in [1.807, 2.05) is 0 Å².